The summed E-state index contributed by atoms with van der Waals surface area (Å²) in [5.74, 6) is 0.787. The van der Waals surface area contributed by atoms with Crippen molar-refractivity contribution >= 4 is 40.2 Å². The summed E-state index contributed by atoms with van der Waals surface area (Å²) in [4.78, 5) is 12.4. The summed E-state index contributed by atoms with van der Waals surface area (Å²) in [5, 5.41) is 6.11. The van der Waals surface area contributed by atoms with E-state index >= 15 is 0 Å². The Hall–Kier alpha value is -3.04. The molecule has 0 fully saturated rings. The van der Waals surface area contributed by atoms with Crippen LogP contribution in [0.15, 0.2) is 60.9 Å². The predicted molar refractivity (Wildman–Crippen MR) is 91.8 cm³/mol. The second-order valence-electron chi connectivity index (χ2n) is 4.66. The molecule has 0 radical (unpaired) electrons. The van der Waals surface area contributed by atoms with Gasteiger partial charge < -0.3 is 19.9 Å². The third kappa shape index (κ3) is 4.48. The molecule has 0 aliphatic heterocycles. The van der Waals surface area contributed by atoms with Crippen molar-refractivity contribution in [1.29, 1.82) is 0 Å². The van der Waals surface area contributed by atoms with Crippen LogP contribution in [0.25, 0.3) is 0 Å². The van der Waals surface area contributed by atoms with Gasteiger partial charge in [-0.3, -0.25) is 4.21 Å². The number of para-hydroxylation sites is 1. The first-order valence-corrected chi connectivity index (χ1v) is 8.01. The Morgan fingerprint density at radius 3 is 1.92 bits per heavy atom. The van der Waals surface area contributed by atoms with Crippen molar-refractivity contribution in [3.63, 3.8) is 0 Å². The fourth-order valence-electron chi connectivity index (χ4n) is 1.91. The van der Waals surface area contributed by atoms with Crippen molar-refractivity contribution in [2.45, 2.75) is 0 Å². The fourth-order valence-corrected chi connectivity index (χ4v) is 2.24. The summed E-state index contributed by atoms with van der Waals surface area (Å²) in [6, 6.07) is 16.2. The average molecular weight is 341 g/mol. The molecule has 0 saturated heterocycles. The molecule has 1 atom stereocenters. The molecule has 0 spiro atoms. The summed E-state index contributed by atoms with van der Waals surface area (Å²) < 4.78 is 23.4. The maximum atomic E-state index is 10.6. The molecule has 8 nitrogen and oxygen atoms in total. The number of anilines is 5. The van der Waals surface area contributed by atoms with Gasteiger partial charge in [0, 0.05) is 28.3 Å². The Labute approximate surface area is 140 Å². The first kappa shape index (κ1) is 15.8. The number of rotatable bonds is 6. The van der Waals surface area contributed by atoms with Crippen LogP contribution >= 0.6 is 0 Å². The molecule has 0 amide bonds. The minimum atomic E-state index is -2.35. The monoisotopic (exact) mass is 341 g/mol. The lowest BCUT2D eigenvalue weighted by atomic mass is 10.3. The SMILES string of the molecule is O=S([O-])Nc1ccc(Nc2ncnc(Nc3ccccc3)n2)cc1. The third-order valence-electron chi connectivity index (χ3n) is 2.94. The van der Waals surface area contributed by atoms with E-state index in [2.05, 4.69) is 30.3 Å². The van der Waals surface area contributed by atoms with E-state index in [1.165, 1.54) is 6.33 Å². The Morgan fingerprint density at radius 2 is 1.33 bits per heavy atom. The fraction of sp³-hybridized carbons (Fsp3) is 0. The first-order chi connectivity index (χ1) is 11.7. The summed E-state index contributed by atoms with van der Waals surface area (Å²) in [5.41, 5.74) is 2.06. The van der Waals surface area contributed by atoms with Crippen LogP contribution < -0.4 is 15.4 Å². The van der Waals surface area contributed by atoms with Crippen molar-refractivity contribution in [2.24, 2.45) is 0 Å². The van der Waals surface area contributed by atoms with Gasteiger partial charge in [-0.15, -0.1) is 0 Å². The highest BCUT2D eigenvalue weighted by atomic mass is 32.2. The van der Waals surface area contributed by atoms with Gasteiger partial charge >= 0.3 is 0 Å². The van der Waals surface area contributed by atoms with E-state index in [0.29, 0.717) is 23.3 Å². The van der Waals surface area contributed by atoms with Crippen LogP contribution in [0.3, 0.4) is 0 Å². The quantitative estimate of drug-likeness (QED) is 0.590. The molecule has 0 saturated carbocycles. The molecular weight excluding hydrogens is 328 g/mol. The number of aromatic nitrogens is 3. The molecule has 9 heteroatoms. The number of benzene rings is 2. The largest absolute Gasteiger partial charge is 0.755 e. The molecule has 3 rings (SSSR count). The van der Waals surface area contributed by atoms with Crippen LogP contribution in [-0.4, -0.2) is 23.7 Å². The second-order valence-corrected chi connectivity index (χ2v) is 5.34. The van der Waals surface area contributed by atoms with Crippen LogP contribution in [0.5, 0.6) is 0 Å². The molecule has 24 heavy (non-hydrogen) atoms. The van der Waals surface area contributed by atoms with Gasteiger partial charge in [0.15, 0.2) is 0 Å². The van der Waals surface area contributed by atoms with Crippen LogP contribution in [0.4, 0.5) is 29.0 Å². The summed E-state index contributed by atoms with van der Waals surface area (Å²) in [6.07, 6.45) is 1.40. The van der Waals surface area contributed by atoms with Gasteiger partial charge in [0.05, 0.1) is 0 Å². The van der Waals surface area contributed by atoms with Crippen LogP contribution in [-0.2, 0) is 11.3 Å². The van der Waals surface area contributed by atoms with E-state index in [9.17, 15) is 8.76 Å². The lowest BCUT2D eigenvalue weighted by Gasteiger charge is -2.10. The van der Waals surface area contributed by atoms with Gasteiger partial charge in [-0.1, -0.05) is 18.2 Å². The highest BCUT2D eigenvalue weighted by Crippen LogP contribution is 2.18. The maximum Gasteiger partial charge on any atom is 0.232 e. The van der Waals surface area contributed by atoms with Crippen LogP contribution in [0, 0.1) is 0 Å². The zero-order chi connectivity index (χ0) is 16.8. The van der Waals surface area contributed by atoms with E-state index in [-0.39, 0.29) is 0 Å². The second kappa shape index (κ2) is 7.49. The van der Waals surface area contributed by atoms with Crippen LogP contribution in [0.2, 0.25) is 0 Å². The summed E-state index contributed by atoms with van der Waals surface area (Å²) in [7, 11) is 0. The molecular formula is C15H13N6O2S-. The zero-order valence-electron chi connectivity index (χ0n) is 12.3. The maximum absolute atomic E-state index is 10.6. The topological polar surface area (TPSA) is 115 Å². The van der Waals surface area contributed by atoms with Crippen molar-refractivity contribution in [3.8, 4) is 0 Å². The molecule has 122 valence electrons. The molecule has 0 aliphatic rings. The summed E-state index contributed by atoms with van der Waals surface area (Å²) in [6.45, 7) is 0. The first-order valence-electron chi connectivity index (χ1n) is 6.93. The number of hydrogen-bond donors (Lipinski definition) is 3. The van der Waals surface area contributed by atoms with Crippen molar-refractivity contribution in [1.82, 2.24) is 15.0 Å². The third-order valence-corrected chi connectivity index (χ3v) is 3.35. The molecule has 0 bridgehead atoms. The average Bonchev–Trinajstić information content (AvgIpc) is 2.57. The smallest absolute Gasteiger partial charge is 0.232 e. The van der Waals surface area contributed by atoms with Gasteiger partial charge in [-0.25, -0.2) is 9.97 Å². The van der Waals surface area contributed by atoms with Gasteiger partial charge in [0.1, 0.15) is 6.33 Å². The van der Waals surface area contributed by atoms with Crippen molar-refractivity contribution in [2.75, 3.05) is 15.4 Å². The minimum absolute atomic E-state index is 0.372. The Bertz CT molecular complexity index is 829. The number of hydrogen-bond acceptors (Lipinski definition) is 7. The lowest BCUT2D eigenvalue weighted by Crippen LogP contribution is -2.03. The zero-order valence-corrected chi connectivity index (χ0v) is 13.2. The van der Waals surface area contributed by atoms with Gasteiger partial charge in [0.25, 0.3) is 0 Å². The summed E-state index contributed by atoms with van der Waals surface area (Å²) >= 11 is -2.35. The van der Waals surface area contributed by atoms with E-state index in [1.54, 1.807) is 24.3 Å². The normalized spacial score (nSPS) is 11.5. The van der Waals surface area contributed by atoms with Gasteiger partial charge in [-0.05, 0) is 36.4 Å². The van der Waals surface area contributed by atoms with Crippen molar-refractivity contribution < 1.29 is 8.76 Å². The lowest BCUT2D eigenvalue weighted by molar-refractivity contribution is 0.542. The minimum Gasteiger partial charge on any atom is -0.755 e. The van der Waals surface area contributed by atoms with Gasteiger partial charge in [0.2, 0.25) is 11.9 Å². The van der Waals surface area contributed by atoms with E-state index in [0.717, 1.165) is 5.69 Å². The number of nitrogens with zero attached hydrogens (tertiary/aromatic N) is 3. The molecule has 1 aromatic heterocycles. The standard InChI is InChI=1S/C15H14N6O2S/c22-24(23)21-13-8-6-12(7-9-13)19-15-17-10-16-14(20-15)18-11-4-2-1-3-5-11/h1-10,21H,(H,22,23)(H2,16,17,18,19,20)/p-1. The molecule has 1 unspecified atom stereocenters. The van der Waals surface area contributed by atoms with Crippen LogP contribution in [0.1, 0.15) is 0 Å². The molecule has 1 heterocycles. The molecule has 3 N–H and O–H groups in total. The van der Waals surface area contributed by atoms with E-state index < -0.39 is 11.3 Å². The Morgan fingerprint density at radius 1 is 0.792 bits per heavy atom. The van der Waals surface area contributed by atoms with Crippen molar-refractivity contribution in [3.05, 3.63) is 60.9 Å². The Balaban J connectivity index is 1.69. The molecule has 3 aromatic rings. The Kier molecular flexibility index (Phi) is 4.94. The number of nitrogens with one attached hydrogen (secondary N) is 3. The highest BCUT2D eigenvalue weighted by molar-refractivity contribution is 7.80. The van der Waals surface area contributed by atoms with Gasteiger partial charge in [-0.2, -0.15) is 4.98 Å². The predicted octanol–water partition coefficient (Wildman–Crippen LogP) is 2.56. The van der Waals surface area contributed by atoms with E-state index in [4.69, 9.17) is 0 Å². The molecule has 0 aliphatic carbocycles. The van der Waals surface area contributed by atoms with E-state index in [1.807, 2.05) is 30.3 Å². The molecule has 2 aromatic carbocycles. The highest BCUT2D eigenvalue weighted by Gasteiger charge is 2.02.